The lowest BCUT2D eigenvalue weighted by Gasteiger charge is -2.33. The number of hydrogen-bond acceptors (Lipinski definition) is 5. The standard InChI is InChI=1S/C11H17N5O2/c1-4-7-9(12)11(15(3)14-7)16-5-8(17)13-10(18)6(16)2/h6H,4-5,12H2,1-3H3,(H,13,17,18). The number of hydrogen-bond donors (Lipinski definition) is 2. The van der Waals surface area contributed by atoms with Crippen LogP contribution in [-0.2, 0) is 23.1 Å². The zero-order valence-corrected chi connectivity index (χ0v) is 10.7. The highest BCUT2D eigenvalue weighted by atomic mass is 16.2. The van der Waals surface area contributed by atoms with Gasteiger partial charge in [-0.25, -0.2) is 0 Å². The van der Waals surface area contributed by atoms with Crippen LogP contribution in [0, 0.1) is 0 Å². The van der Waals surface area contributed by atoms with Gasteiger partial charge in [-0.2, -0.15) is 5.10 Å². The predicted octanol–water partition coefficient (Wildman–Crippen LogP) is -0.584. The maximum absolute atomic E-state index is 11.6. The van der Waals surface area contributed by atoms with Crippen LogP contribution in [0.15, 0.2) is 0 Å². The summed E-state index contributed by atoms with van der Waals surface area (Å²) in [6, 6.07) is -0.440. The number of amides is 2. The fourth-order valence-corrected chi connectivity index (χ4v) is 2.16. The molecule has 18 heavy (non-hydrogen) atoms. The molecular formula is C11H17N5O2. The van der Waals surface area contributed by atoms with Crippen molar-refractivity contribution in [3.63, 3.8) is 0 Å². The van der Waals surface area contributed by atoms with Crippen molar-refractivity contribution in [2.45, 2.75) is 26.3 Å². The summed E-state index contributed by atoms with van der Waals surface area (Å²) in [5, 5.41) is 6.59. The van der Waals surface area contributed by atoms with Gasteiger partial charge in [0.2, 0.25) is 11.8 Å². The lowest BCUT2D eigenvalue weighted by Crippen LogP contribution is -2.57. The van der Waals surface area contributed by atoms with Gasteiger partial charge in [0.25, 0.3) is 0 Å². The molecule has 0 spiro atoms. The molecule has 1 aromatic heterocycles. The molecule has 98 valence electrons. The SMILES string of the molecule is CCc1nn(C)c(N2CC(=O)NC(=O)C2C)c1N. The minimum Gasteiger partial charge on any atom is -0.394 e. The summed E-state index contributed by atoms with van der Waals surface area (Å²) in [5.74, 6) is -0.0100. The van der Waals surface area contributed by atoms with E-state index in [0.717, 1.165) is 5.69 Å². The number of imide groups is 1. The number of nitrogens with two attached hydrogens (primary N) is 1. The monoisotopic (exact) mass is 251 g/mol. The molecular weight excluding hydrogens is 234 g/mol. The molecule has 1 fully saturated rings. The Labute approximate surface area is 105 Å². The second-order valence-electron chi connectivity index (χ2n) is 4.38. The summed E-state index contributed by atoms with van der Waals surface area (Å²) < 4.78 is 1.62. The minimum atomic E-state index is -0.440. The van der Waals surface area contributed by atoms with Gasteiger partial charge in [-0.3, -0.25) is 19.6 Å². The normalized spacial score (nSPS) is 20.2. The van der Waals surface area contributed by atoms with Crippen LogP contribution in [0.5, 0.6) is 0 Å². The van der Waals surface area contributed by atoms with Crippen LogP contribution in [0.2, 0.25) is 0 Å². The van der Waals surface area contributed by atoms with E-state index in [4.69, 9.17) is 5.73 Å². The minimum absolute atomic E-state index is 0.111. The fourth-order valence-electron chi connectivity index (χ4n) is 2.16. The Morgan fingerprint density at radius 3 is 2.72 bits per heavy atom. The first-order chi connectivity index (χ1) is 8.45. The zero-order chi connectivity index (χ0) is 13.4. The summed E-state index contributed by atoms with van der Waals surface area (Å²) in [4.78, 5) is 24.8. The van der Waals surface area contributed by atoms with Crippen molar-refractivity contribution in [1.82, 2.24) is 15.1 Å². The fraction of sp³-hybridized carbons (Fsp3) is 0.545. The van der Waals surface area contributed by atoms with E-state index in [-0.39, 0.29) is 18.4 Å². The average Bonchev–Trinajstić information content (AvgIpc) is 2.59. The maximum Gasteiger partial charge on any atom is 0.249 e. The van der Waals surface area contributed by atoms with Crippen molar-refractivity contribution in [1.29, 1.82) is 0 Å². The van der Waals surface area contributed by atoms with Gasteiger partial charge in [0, 0.05) is 7.05 Å². The second kappa shape index (κ2) is 4.32. The van der Waals surface area contributed by atoms with Crippen molar-refractivity contribution in [2.75, 3.05) is 17.2 Å². The maximum atomic E-state index is 11.6. The Balaban J connectivity index is 2.44. The molecule has 1 unspecified atom stereocenters. The van der Waals surface area contributed by atoms with Crippen LogP contribution in [0.4, 0.5) is 11.5 Å². The van der Waals surface area contributed by atoms with Crippen LogP contribution < -0.4 is 16.0 Å². The van der Waals surface area contributed by atoms with Gasteiger partial charge < -0.3 is 10.6 Å². The molecule has 2 heterocycles. The van der Waals surface area contributed by atoms with Crippen molar-refractivity contribution >= 4 is 23.3 Å². The highest BCUT2D eigenvalue weighted by Gasteiger charge is 2.33. The van der Waals surface area contributed by atoms with E-state index in [9.17, 15) is 9.59 Å². The first kappa shape index (κ1) is 12.4. The van der Waals surface area contributed by atoms with Gasteiger partial charge in [-0.05, 0) is 13.3 Å². The van der Waals surface area contributed by atoms with Crippen LogP contribution >= 0.6 is 0 Å². The van der Waals surface area contributed by atoms with Crippen LogP contribution in [0.25, 0.3) is 0 Å². The van der Waals surface area contributed by atoms with Gasteiger partial charge in [-0.1, -0.05) is 6.92 Å². The third-order valence-corrected chi connectivity index (χ3v) is 3.16. The first-order valence-electron chi connectivity index (χ1n) is 5.87. The second-order valence-corrected chi connectivity index (χ2v) is 4.38. The molecule has 2 rings (SSSR count). The molecule has 0 aromatic carbocycles. The summed E-state index contributed by atoms with van der Waals surface area (Å²) in [7, 11) is 1.76. The molecule has 0 aliphatic carbocycles. The predicted molar refractivity (Wildman–Crippen MR) is 67.0 cm³/mol. The molecule has 7 nitrogen and oxygen atoms in total. The number of aromatic nitrogens is 2. The summed E-state index contributed by atoms with van der Waals surface area (Å²) in [6.45, 7) is 3.81. The Hall–Kier alpha value is -2.05. The lowest BCUT2D eigenvalue weighted by molar-refractivity contribution is -0.132. The van der Waals surface area contributed by atoms with E-state index in [2.05, 4.69) is 10.4 Å². The van der Waals surface area contributed by atoms with Crippen LogP contribution in [0.3, 0.4) is 0 Å². The van der Waals surface area contributed by atoms with E-state index in [1.807, 2.05) is 6.92 Å². The Bertz CT molecular complexity index is 508. The van der Waals surface area contributed by atoms with E-state index in [1.54, 1.807) is 23.6 Å². The van der Waals surface area contributed by atoms with Crippen molar-refractivity contribution in [2.24, 2.45) is 7.05 Å². The van der Waals surface area contributed by atoms with Crippen LogP contribution in [0.1, 0.15) is 19.5 Å². The van der Waals surface area contributed by atoms with Crippen LogP contribution in [-0.4, -0.2) is 34.2 Å². The molecule has 0 bridgehead atoms. The third-order valence-electron chi connectivity index (χ3n) is 3.16. The van der Waals surface area contributed by atoms with Crippen molar-refractivity contribution in [3.05, 3.63) is 5.69 Å². The lowest BCUT2D eigenvalue weighted by atomic mass is 10.2. The molecule has 7 heteroatoms. The number of rotatable bonds is 2. The first-order valence-corrected chi connectivity index (χ1v) is 5.87. The number of piperazine rings is 1. The van der Waals surface area contributed by atoms with Gasteiger partial charge in [0.1, 0.15) is 6.04 Å². The van der Waals surface area contributed by atoms with Gasteiger partial charge in [0.15, 0.2) is 5.82 Å². The average molecular weight is 251 g/mol. The van der Waals surface area contributed by atoms with Gasteiger partial charge in [0.05, 0.1) is 17.9 Å². The third kappa shape index (κ3) is 1.81. The van der Waals surface area contributed by atoms with E-state index < -0.39 is 6.04 Å². The Morgan fingerprint density at radius 2 is 2.17 bits per heavy atom. The largest absolute Gasteiger partial charge is 0.394 e. The molecule has 1 saturated heterocycles. The number of aryl methyl sites for hydroxylation is 2. The van der Waals surface area contributed by atoms with E-state index in [0.29, 0.717) is 17.9 Å². The van der Waals surface area contributed by atoms with Gasteiger partial charge >= 0.3 is 0 Å². The van der Waals surface area contributed by atoms with Crippen molar-refractivity contribution < 1.29 is 9.59 Å². The molecule has 0 radical (unpaired) electrons. The highest BCUT2D eigenvalue weighted by Crippen LogP contribution is 2.28. The molecule has 1 aliphatic rings. The quantitative estimate of drug-likeness (QED) is 0.686. The number of carbonyl (C=O) groups is 2. The zero-order valence-electron chi connectivity index (χ0n) is 10.7. The van der Waals surface area contributed by atoms with Crippen molar-refractivity contribution in [3.8, 4) is 0 Å². The number of carbonyl (C=O) groups excluding carboxylic acids is 2. The number of nitrogens with zero attached hydrogens (tertiary/aromatic N) is 3. The van der Waals surface area contributed by atoms with Gasteiger partial charge in [-0.15, -0.1) is 0 Å². The molecule has 0 saturated carbocycles. The highest BCUT2D eigenvalue weighted by molar-refractivity contribution is 6.04. The van der Waals surface area contributed by atoms with E-state index >= 15 is 0 Å². The summed E-state index contributed by atoms with van der Waals surface area (Å²) in [6.07, 6.45) is 0.710. The molecule has 2 amide bonds. The number of nitrogen functional groups attached to an aromatic ring is 1. The topological polar surface area (TPSA) is 93.2 Å². The molecule has 1 aliphatic heterocycles. The van der Waals surface area contributed by atoms with E-state index in [1.165, 1.54) is 0 Å². The summed E-state index contributed by atoms with van der Waals surface area (Å²) >= 11 is 0. The Kier molecular flexibility index (Phi) is 2.98. The molecule has 1 atom stereocenters. The Morgan fingerprint density at radius 1 is 1.50 bits per heavy atom. The molecule has 3 N–H and O–H groups in total. The number of anilines is 2. The molecule has 1 aromatic rings. The summed E-state index contributed by atoms with van der Waals surface area (Å²) in [5.41, 5.74) is 7.34. The number of nitrogens with one attached hydrogen (secondary N) is 1. The smallest absolute Gasteiger partial charge is 0.249 e.